The number of esters is 1. The van der Waals surface area contributed by atoms with Crippen LogP contribution < -0.4 is 10.6 Å². The van der Waals surface area contributed by atoms with Crippen molar-refractivity contribution in [3.05, 3.63) is 65.7 Å². The summed E-state index contributed by atoms with van der Waals surface area (Å²) in [5.74, 6) is -1.48. The molecule has 10 heteroatoms. The van der Waals surface area contributed by atoms with Gasteiger partial charge in [-0.1, -0.05) is 63.2 Å². The van der Waals surface area contributed by atoms with Gasteiger partial charge in [-0.05, 0) is 89.5 Å². The standard InChI is InChI=1S/C36H51N3O7/c1-22(2)19-27(38-34(44)46-36(7,8)9)32(42)39(29-20-23(29)3)30(25-15-17-26(40)18-16-25)31(41)37-28(33(43)45-35(4,5)6)21-24-13-11-10-12-14-24/h10-18,22-23,27-30,40H,19-21H2,1-9H3,(H,37,41)(H,38,44). The number of carbonyl (C=O) groups excluding carboxylic acids is 4. The minimum Gasteiger partial charge on any atom is -0.508 e. The van der Waals surface area contributed by atoms with Crippen molar-refractivity contribution in [3.63, 3.8) is 0 Å². The number of nitrogens with one attached hydrogen (secondary N) is 2. The summed E-state index contributed by atoms with van der Waals surface area (Å²) in [5, 5.41) is 15.7. The summed E-state index contributed by atoms with van der Waals surface area (Å²) in [6.07, 6.45) is 0.421. The van der Waals surface area contributed by atoms with Gasteiger partial charge >= 0.3 is 12.1 Å². The highest BCUT2D eigenvalue weighted by atomic mass is 16.6. The Kier molecular flexibility index (Phi) is 11.9. The molecule has 252 valence electrons. The van der Waals surface area contributed by atoms with Crippen LogP contribution in [0.1, 0.15) is 92.3 Å². The van der Waals surface area contributed by atoms with Crippen LogP contribution in [0.15, 0.2) is 54.6 Å². The molecule has 2 aromatic rings. The average Bonchev–Trinajstić information content (AvgIpc) is 3.65. The molecule has 1 fully saturated rings. The summed E-state index contributed by atoms with van der Waals surface area (Å²) < 4.78 is 11.2. The van der Waals surface area contributed by atoms with Crippen LogP contribution in [-0.2, 0) is 30.3 Å². The van der Waals surface area contributed by atoms with E-state index in [0.717, 1.165) is 5.56 Å². The lowest BCUT2D eigenvalue weighted by molar-refractivity contribution is -0.159. The van der Waals surface area contributed by atoms with E-state index in [4.69, 9.17) is 9.47 Å². The molecule has 0 aliphatic heterocycles. The number of ether oxygens (including phenoxy) is 2. The predicted octanol–water partition coefficient (Wildman–Crippen LogP) is 5.68. The Morgan fingerprint density at radius 1 is 0.870 bits per heavy atom. The Bertz CT molecular complexity index is 1350. The van der Waals surface area contributed by atoms with Gasteiger partial charge in [-0.25, -0.2) is 9.59 Å². The molecule has 0 aromatic heterocycles. The van der Waals surface area contributed by atoms with Crippen LogP contribution in [-0.4, -0.2) is 63.2 Å². The van der Waals surface area contributed by atoms with Crippen molar-refractivity contribution in [3.8, 4) is 5.75 Å². The Hall–Kier alpha value is -4.08. The number of phenols is 1. The highest BCUT2D eigenvalue weighted by Crippen LogP contribution is 2.41. The van der Waals surface area contributed by atoms with Gasteiger partial charge < -0.3 is 30.1 Å². The van der Waals surface area contributed by atoms with Crippen molar-refractivity contribution in [1.82, 2.24) is 15.5 Å². The summed E-state index contributed by atoms with van der Waals surface area (Å²) in [6, 6.07) is 11.9. The lowest BCUT2D eigenvalue weighted by atomic mass is 9.98. The molecule has 46 heavy (non-hydrogen) atoms. The average molecular weight is 638 g/mol. The highest BCUT2D eigenvalue weighted by molar-refractivity contribution is 5.94. The molecule has 0 spiro atoms. The third-order valence-corrected chi connectivity index (χ3v) is 7.40. The fraction of sp³-hybridized carbons (Fsp3) is 0.556. The van der Waals surface area contributed by atoms with Gasteiger partial charge in [0, 0.05) is 12.5 Å². The van der Waals surface area contributed by atoms with Crippen LogP contribution in [0.4, 0.5) is 4.79 Å². The minimum absolute atomic E-state index is 0.000519. The zero-order valence-electron chi connectivity index (χ0n) is 28.6. The quantitative estimate of drug-likeness (QED) is 0.255. The van der Waals surface area contributed by atoms with E-state index in [-0.39, 0.29) is 30.0 Å². The molecule has 0 bridgehead atoms. The summed E-state index contributed by atoms with van der Waals surface area (Å²) in [4.78, 5) is 56.9. The lowest BCUT2D eigenvalue weighted by Crippen LogP contribution is -2.56. The molecular formula is C36H51N3O7. The van der Waals surface area contributed by atoms with E-state index in [0.29, 0.717) is 18.4 Å². The third kappa shape index (κ3) is 11.1. The molecule has 0 heterocycles. The molecule has 10 nitrogen and oxygen atoms in total. The molecule has 3 N–H and O–H groups in total. The first kappa shape index (κ1) is 36.4. The molecule has 2 aromatic carbocycles. The normalized spacial score (nSPS) is 18.1. The molecular weight excluding hydrogens is 586 g/mol. The predicted molar refractivity (Wildman–Crippen MR) is 176 cm³/mol. The maximum atomic E-state index is 14.5. The zero-order valence-corrected chi connectivity index (χ0v) is 28.6. The van der Waals surface area contributed by atoms with E-state index in [1.807, 2.05) is 51.1 Å². The van der Waals surface area contributed by atoms with E-state index in [9.17, 15) is 24.3 Å². The Labute approximate surface area is 273 Å². The first-order valence-electron chi connectivity index (χ1n) is 16.0. The van der Waals surface area contributed by atoms with E-state index in [2.05, 4.69) is 10.6 Å². The summed E-state index contributed by atoms with van der Waals surface area (Å²) in [7, 11) is 0. The van der Waals surface area contributed by atoms with Crippen LogP contribution in [0, 0.1) is 11.8 Å². The Morgan fingerprint density at radius 2 is 1.43 bits per heavy atom. The minimum atomic E-state index is -1.17. The smallest absolute Gasteiger partial charge is 0.408 e. The number of alkyl carbamates (subject to hydrolysis) is 1. The fourth-order valence-corrected chi connectivity index (χ4v) is 5.26. The van der Waals surface area contributed by atoms with Crippen molar-refractivity contribution < 1.29 is 33.8 Å². The molecule has 0 radical (unpaired) electrons. The molecule has 1 saturated carbocycles. The number of aromatic hydroxyl groups is 1. The Morgan fingerprint density at radius 3 is 1.93 bits per heavy atom. The molecule has 5 unspecified atom stereocenters. The van der Waals surface area contributed by atoms with Crippen LogP contribution in [0.3, 0.4) is 0 Å². The molecule has 1 aliphatic rings. The van der Waals surface area contributed by atoms with Gasteiger partial charge in [0.1, 0.15) is 35.1 Å². The zero-order chi connectivity index (χ0) is 34.4. The number of amides is 3. The number of nitrogens with zero attached hydrogens (tertiary/aromatic N) is 1. The van der Waals surface area contributed by atoms with Crippen LogP contribution in [0.2, 0.25) is 0 Å². The Balaban J connectivity index is 2.05. The largest absolute Gasteiger partial charge is 0.508 e. The number of carbonyl (C=O) groups is 4. The molecule has 0 saturated heterocycles. The van der Waals surface area contributed by atoms with Gasteiger partial charge in [0.15, 0.2) is 0 Å². The van der Waals surface area contributed by atoms with Crippen molar-refractivity contribution in [2.75, 3.05) is 0 Å². The number of rotatable bonds is 12. The van der Waals surface area contributed by atoms with Crippen molar-refractivity contribution >= 4 is 23.9 Å². The van der Waals surface area contributed by atoms with E-state index >= 15 is 0 Å². The second-order valence-corrected chi connectivity index (χ2v) is 14.6. The monoisotopic (exact) mass is 637 g/mol. The topological polar surface area (TPSA) is 134 Å². The van der Waals surface area contributed by atoms with Crippen molar-refractivity contribution in [2.24, 2.45) is 11.8 Å². The molecule has 5 atom stereocenters. The van der Waals surface area contributed by atoms with Crippen molar-refractivity contribution in [1.29, 1.82) is 0 Å². The van der Waals surface area contributed by atoms with E-state index in [1.54, 1.807) is 53.7 Å². The van der Waals surface area contributed by atoms with E-state index in [1.165, 1.54) is 17.0 Å². The molecule has 3 amide bonds. The maximum absolute atomic E-state index is 14.5. The van der Waals surface area contributed by atoms with Gasteiger partial charge in [-0.2, -0.15) is 0 Å². The first-order chi connectivity index (χ1) is 21.3. The van der Waals surface area contributed by atoms with Crippen molar-refractivity contribution in [2.45, 2.75) is 117 Å². The first-order valence-corrected chi connectivity index (χ1v) is 16.0. The fourth-order valence-electron chi connectivity index (χ4n) is 5.26. The number of phenolic OH excluding ortho intramolecular Hbond substituents is 1. The SMILES string of the molecule is CC(C)CC(NC(=O)OC(C)(C)C)C(=O)N(C(C(=O)NC(Cc1ccccc1)C(=O)OC(C)(C)C)c1ccc(O)cc1)C1CC1C. The third-order valence-electron chi connectivity index (χ3n) is 7.40. The number of hydrogen-bond acceptors (Lipinski definition) is 7. The van der Waals surface area contributed by atoms with Gasteiger partial charge in [0.2, 0.25) is 11.8 Å². The van der Waals surface area contributed by atoms with Crippen LogP contribution in [0.25, 0.3) is 0 Å². The number of hydrogen-bond donors (Lipinski definition) is 3. The van der Waals surface area contributed by atoms with Gasteiger partial charge in [-0.3, -0.25) is 9.59 Å². The molecule has 3 rings (SSSR count). The van der Waals surface area contributed by atoms with Crippen LogP contribution in [0.5, 0.6) is 5.75 Å². The number of benzene rings is 2. The van der Waals surface area contributed by atoms with Crippen LogP contribution >= 0.6 is 0 Å². The van der Waals surface area contributed by atoms with Gasteiger partial charge in [0.25, 0.3) is 0 Å². The van der Waals surface area contributed by atoms with Gasteiger partial charge in [-0.15, -0.1) is 0 Å². The maximum Gasteiger partial charge on any atom is 0.408 e. The summed E-state index contributed by atoms with van der Waals surface area (Å²) in [6.45, 7) is 16.4. The second-order valence-electron chi connectivity index (χ2n) is 14.6. The second kappa shape index (κ2) is 15.0. The highest BCUT2D eigenvalue weighted by Gasteiger charge is 2.48. The molecule has 1 aliphatic carbocycles. The summed E-state index contributed by atoms with van der Waals surface area (Å²) in [5.41, 5.74) is -0.298. The summed E-state index contributed by atoms with van der Waals surface area (Å²) >= 11 is 0. The van der Waals surface area contributed by atoms with E-state index < -0.39 is 53.2 Å². The lowest BCUT2D eigenvalue weighted by Gasteiger charge is -2.36. The van der Waals surface area contributed by atoms with Gasteiger partial charge in [0.05, 0.1) is 0 Å².